The minimum absolute atomic E-state index is 0.167. The maximum Gasteiger partial charge on any atom is 0.254 e. The highest BCUT2D eigenvalue weighted by Gasteiger charge is 2.31. The van der Waals surface area contributed by atoms with Crippen molar-refractivity contribution in [3.8, 4) is 0 Å². The van der Waals surface area contributed by atoms with Crippen LogP contribution in [-0.4, -0.2) is 33.9 Å². The predicted octanol–water partition coefficient (Wildman–Crippen LogP) is 2.60. The summed E-state index contributed by atoms with van der Waals surface area (Å²) in [5.41, 5.74) is 2.85. The summed E-state index contributed by atoms with van der Waals surface area (Å²) in [6.07, 6.45) is 1.17. The Balaban J connectivity index is 1.63. The molecule has 1 saturated heterocycles. The molecule has 1 aromatic heterocycles. The molecule has 1 amide bonds. The van der Waals surface area contributed by atoms with E-state index in [1.807, 2.05) is 6.92 Å². The lowest BCUT2D eigenvalue weighted by Gasteiger charge is -2.33. The zero-order valence-corrected chi connectivity index (χ0v) is 13.8. The number of fused-ring (bicyclic) bond motifs is 1. The van der Waals surface area contributed by atoms with Crippen LogP contribution in [0.4, 0.5) is 10.2 Å². The molecule has 124 valence electrons. The Hall–Kier alpha value is -2.50. The van der Waals surface area contributed by atoms with E-state index >= 15 is 0 Å². The van der Waals surface area contributed by atoms with Crippen molar-refractivity contribution in [1.82, 2.24) is 14.9 Å². The molecule has 1 aromatic carbocycles. The molecule has 2 aliphatic rings. The molecule has 0 spiro atoms. The Kier molecular flexibility index (Phi) is 3.48. The number of carbonyl (C=O) groups is 1. The normalized spacial score (nSPS) is 16.1. The smallest absolute Gasteiger partial charge is 0.254 e. The number of halogens is 1. The zero-order chi connectivity index (χ0) is 16.8. The molecule has 2 aliphatic heterocycles. The van der Waals surface area contributed by atoms with E-state index in [2.05, 4.69) is 14.9 Å². The van der Waals surface area contributed by atoms with E-state index in [1.54, 1.807) is 24.0 Å². The topological polar surface area (TPSA) is 49.3 Å². The first-order valence-electron chi connectivity index (χ1n) is 8.19. The maximum atomic E-state index is 13.8. The lowest BCUT2D eigenvalue weighted by atomic mass is 10.1. The number of amides is 1. The average molecular weight is 326 g/mol. The second kappa shape index (κ2) is 5.54. The summed E-state index contributed by atoms with van der Waals surface area (Å²) in [5.74, 6) is 1.16. The number of aromatic nitrogens is 2. The molecule has 0 radical (unpaired) electrons. The summed E-state index contributed by atoms with van der Waals surface area (Å²) in [6.45, 7) is 6.50. The maximum absolute atomic E-state index is 13.8. The van der Waals surface area contributed by atoms with Crippen molar-refractivity contribution >= 4 is 11.7 Å². The highest BCUT2D eigenvalue weighted by atomic mass is 19.1. The molecule has 0 saturated carbocycles. The molecule has 2 aromatic rings. The molecule has 24 heavy (non-hydrogen) atoms. The molecule has 0 aliphatic carbocycles. The van der Waals surface area contributed by atoms with Gasteiger partial charge in [-0.15, -0.1) is 0 Å². The number of benzene rings is 1. The van der Waals surface area contributed by atoms with E-state index < -0.39 is 0 Å². The summed E-state index contributed by atoms with van der Waals surface area (Å²) in [7, 11) is 0. The zero-order valence-electron chi connectivity index (χ0n) is 13.8. The molecule has 4 rings (SSSR count). The number of aryl methyl sites for hydroxylation is 2. The van der Waals surface area contributed by atoms with Gasteiger partial charge in [0.2, 0.25) is 0 Å². The van der Waals surface area contributed by atoms with Crippen molar-refractivity contribution in [1.29, 1.82) is 0 Å². The SMILES string of the molecule is Cc1nc2c(c(N3CCC3)n1)CN(C(=O)c1ccc(C)c(F)c1)C2. The lowest BCUT2D eigenvalue weighted by Crippen LogP contribution is -2.38. The van der Waals surface area contributed by atoms with Crippen LogP contribution in [0.3, 0.4) is 0 Å². The molecule has 0 atom stereocenters. The fourth-order valence-electron chi connectivity index (χ4n) is 3.20. The van der Waals surface area contributed by atoms with Crippen molar-refractivity contribution in [2.75, 3.05) is 18.0 Å². The van der Waals surface area contributed by atoms with Gasteiger partial charge in [-0.25, -0.2) is 14.4 Å². The fraction of sp³-hybridized carbons (Fsp3) is 0.389. The number of carbonyl (C=O) groups excluding carboxylic acids is 1. The van der Waals surface area contributed by atoms with E-state index in [4.69, 9.17) is 0 Å². The van der Waals surface area contributed by atoms with Gasteiger partial charge in [-0.3, -0.25) is 4.79 Å². The van der Waals surface area contributed by atoms with Gasteiger partial charge in [-0.2, -0.15) is 0 Å². The van der Waals surface area contributed by atoms with Crippen LogP contribution in [0.2, 0.25) is 0 Å². The minimum atomic E-state index is -0.352. The third-order valence-electron chi connectivity index (χ3n) is 4.73. The summed E-state index contributed by atoms with van der Waals surface area (Å²) in [4.78, 5) is 25.8. The Morgan fingerprint density at radius 2 is 1.96 bits per heavy atom. The first kappa shape index (κ1) is 15.1. The average Bonchev–Trinajstić information content (AvgIpc) is 2.91. The third-order valence-corrected chi connectivity index (χ3v) is 4.73. The van der Waals surface area contributed by atoms with Gasteiger partial charge in [0, 0.05) is 24.2 Å². The quantitative estimate of drug-likeness (QED) is 0.851. The molecule has 0 bridgehead atoms. The monoisotopic (exact) mass is 326 g/mol. The molecule has 0 N–H and O–H groups in total. The molecule has 0 unspecified atom stereocenters. The summed E-state index contributed by atoms with van der Waals surface area (Å²) in [5, 5.41) is 0. The van der Waals surface area contributed by atoms with Gasteiger partial charge in [0.15, 0.2) is 0 Å². The number of anilines is 1. The van der Waals surface area contributed by atoms with Crippen LogP contribution in [-0.2, 0) is 13.1 Å². The van der Waals surface area contributed by atoms with Crippen LogP contribution in [0.25, 0.3) is 0 Å². The largest absolute Gasteiger partial charge is 0.356 e. The highest BCUT2D eigenvalue weighted by Crippen LogP contribution is 2.32. The van der Waals surface area contributed by atoms with E-state index in [0.29, 0.717) is 24.2 Å². The Morgan fingerprint density at radius 3 is 2.62 bits per heavy atom. The van der Waals surface area contributed by atoms with Gasteiger partial charge >= 0.3 is 0 Å². The van der Waals surface area contributed by atoms with Crippen LogP contribution in [0.15, 0.2) is 18.2 Å². The second-order valence-corrected chi connectivity index (χ2v) is 6.49. The van der Waals surface area contributed by atoms with Crippen LogP contribution < -0.4 is 4.90 Å². The summed E-state index contributed by atoms with van der Waals surface area (Å²) in [6, 6.07) is 4.63. The molecule has 5 nitrogen and oxygen atoms in total. The Bertz CT molecular complexity index is 832. The van der Waals surface area contributed by atoms with Crippen molar-refractivity contribution in [2.24, 2.45) is 0 Å². The Labute approximate surface area is 140 Å². The van der Waals surface area contributed by atoms with E-state index in [9.17, 15) is 9.18 Å². The van der Waals surface area contributed by atoms with Gasteiger partial charge < -0.3 is 9.80 Å². The number of rotatable bonds is 2. The highest BCUT2D eigenvalue weighted by molar-refractivity contribution is 5.94. The van der Waals surface area contributed by atoms with Gasteiger partial charge in [0.1, 0.15) is 17.5 Å². The van der Waals surface area contributed by atoms with Gasteiger partial charge in [0.05, 0.1) is 18.8 Å². The number of nitrogens with zero attached hydrogens (tertiary/aromatic N) is 4. The third kappa shape index (κ3) is 2.42. The van der Waals surface area contributed by atoms with Crippen LogP contribution in [0.1, 0.15) is 39.4 Å². The summed E-state index contributed by atoms with van der Waals surface area (Å²) >= 11 is 0. The molecule has 3 heterocycles. The van der Waals surface area contributed by atoms with Crippen molar-refractivity contribution < 1.29 is 9.18 Å². The predicted molar refractivity (Wildman–Crippen MR) is 88.3 cm³/mol. The Morgan fingerprint density at radius 1 is 1.17 bits per heavy atom. The van der Waals surface area contributed by atoms with Gasteiger partial charge in [-0.1, -0.05) is 6.07 Å². The van der Waals surface area contributed by atoms with Crippen LogP contribution in [0.5, 0.6) is 0 Å². The second-order valence-electron chi connectivity index (χ2n) is 6.49. The van der Waals surface area contributed by atoms with Crippen molar-refractivity contribution in [2.45, 2.75) is 33.4 Å². The van der Waals surface area contributed by atoms with Gasteiger partial charge in [-0.05, 0) is 38.0 Å². The number of hydrogen-bond donors (Lipinski definition) is 0. The van der Waals surface area contributed by atoms with Crippen molar-refractivity contribution in [3.63, 3.8) is 0 Å². The van der Waals surface area contributed by atoms with E-state index in [-0.39, 0.29) is 11.7 Å². The first-order chi connectivity index (χ1) is 11.5. The lowest BCUT2D eigenvalue weighted by molar-refractivity contribution is 0.0750. The molecular weight excluding hydrogens is 307 g/mol. The van der Waals surface area contributed by atoms with E-state index in [0.717, 1.165) is 36.0 Å². The van der Waals surface area contributed by atoms with E-state index in [1.165, 1.54) is 12.5 Å². The molecule has 1 fully saturated rings. The number of hydrogen-bond acceptors (Lipinski definition) is 4. The van der Waals surface area contributed by atoms with Gasteiger partial charge in [0.25, 0.3) is 5.91 Å². The fourth-order valence-corrected chi connectivity index (χ4v) is 3.20. The molecule has 6 heteroatoms. The summed E-state index contributed by atoms with van der Waals surface area (Å²) < 4.78 is 13.8. The van der Waals surface area contributed by atoms with Crippen molar-refractivity contribution in [3.05, 3.63) is 52.2 Å². The van der Waals surface area contributed by atoms with Crippen LogP contribution in [0, 0.1) is 19.7 Å². The van der Waals surface area contributed by atoms with Crippen LogP contribution >= 0.6 is 0 Å². The molecular formula is C18H19FN4O. The minimum Gasteiger partial charge on any atom is -0.356 e. The first-order valence-corrected chi connectivity index (χ1v) is 8.19. The standard InChI is InChI=1S/C18H19FN4O/c1-11-4-5-13(8-15(11)19)18(24)23-9-14-16(10-23)20-12(2)21-17(14)22-6-3-7-22/h4-5,8H,3,6-7,9-10H2,1-2H3.